The maximum absolute atomic E-state index is 12.7. The molecule has 0 spiro atoms. The predicted octanol–water partition coefficient (Wildman–Crippen LogP) is 1.29. The van der Waals surface area contributed by atoms with E-state index in [1.807, 2.05) is 32.0 Å². The molecule has 0 bridgehead atoms. The van der Waals surface area contributed by atoms with Crippen LogP contribution in [0.2, 0.25) is 0 Å². The van der Waals surface area contributed by atoms with E-state index in [1.165, 1.54) is 0 Å². The summed E-state index contributed by atoms with van der Waals surface area (Å²) in [5, 5.41) is 11.8. The Hall–Kier alpha value is -3.11. The van der Waals surface area contributed by atoms with E-state index in [9.17, 15) is 9.59 Å². The zero-order valence-electron chi connectivity index (χ0n) is 16.6. The number of anilines is 1. The van der Waals surface area contributed by atoms with Gasteiger partial charge in [0, 0.05) is 12.2 Å². The molecule has 0 aliphatic carbocycles. The van der Waals surface area contributed by atoms with E-state index >= 15 is 0 Å². The van der Waals surface area contributed by atoms with Gasteiger partial charge in [-0.1, -0.05) is 18.2 Å². The molecule has 0 saturated carbocycles. The highest BCUT2D eigenvalue weighted by molar-refractivity contribution is 5.93. The summed E-state index contributed by atoms with van der Waals surface area (Å²) in [6, 6.07) is 11.5. The molecule has 2 aromatic rings. The Kier molecular flexibility index (Phi) is 7.78. The first-order valence-corrected chi connectivity index (χ1v) is 9.25. The Bertz CT molecular complexity index is 820. The first kappa shape index (κ1) is 21.2. The molecule has 0 fully saturated rings. The van der Waals surface area contributed by atoms with Gasteiger partial charge in [0.05, 0.1) is 32.3 Å². The van der Waals surface area contributed by atoms with Crippen LogP contribution in [0.25, 0.3) is 0 Å². The first-order chi connectivity index (χ1) is 13.4. The van der Waals surface area contributed by atoms with Crippen LogP contribution in [-0.4, -0.2) is 43.4 Å². The molecule has 7 nitrogen and oxygen atoms in total. The molecule has 2 N–H and O–H groups in total. The first-order valence-electron chi connectivity index (χ1n) is 9.25. The standard InChI is InChI=1S/C21H26N4O3/c1-16-7-4-8-17(2)21(16)23-19(26)14-24(3)15-20(27)25(11-6-10-22)13-18-9-5-12-28-18/h4-5,7-9,12H,6,11,13-15H2,1-3H3,(H,23,26)/p+1. The maximum atomic E-state index is 12.7. The minimum atomic E-state index is -0.141. The summed E-state index contributed by atoms with van der Waals surface area (Å²) in [7, 11) is 1.80. The Labute approximate surface area is 165 Å². The third-order valence-corrected chi connectivity index (χ3v) is 4.43. The Morgan fingerprint density at radius 3 is 2.50 bits per heavy atom. The molecule has 0 saturated heterocycles. The van der Waals surface area contributed by atoms with E-state index in [1.54, 1.807) is 30.3 Å². The highest BCUT2D eigenvalue weighted by Gasteiger charge is 2.21. The van der Waals surface area contributed by atoms with Crippen molar-refractivity contribution in [3.05, 3.63) is 53.5 Å². The smallest absolute Gasteiger partial charge is 0.279 e. The van der Waals surface area contributed by atoms with Gasteiger partial charge in [0.25, 0.3) is 11.8 Å². The highest BCUT2D eigenvalue weighted by Crippen LogP contribution is 2.18. The lowest BCUT2D eigenvalue weighted by atomic mass is 10.1. The normalized spacial score (nSPS) is 11.5. The van der Waals surface area contributed by atoms with Crippen LogP contribution in [0.1, 0.15) is 23.3 Å². The number of benzene rings is 1. The van der Waals surface area contributed by atoms with E-state index in [2.05, 4.69) is 11.4 Å². The fraction of sp³-hybridized carbons (Fsp3) is 0.381. The number of likely N-dealkylation sites (N-methyl/N-ethyl adjacent to an activating group) is 1. The Morgan fingerprint density at radius 1 is 1.18 bits per heavy atom. The molecule has 7 heteroatoms. The minimum absolute atomic E-state index is 0.121. The van der Waals surface area contributed by atoms with Crippen molar-refractivity contribution in [1.82, 2.24) is 4.90 Å². The number of amides is 2. The van der Waals surface area contributed by atoms with Gasteiger partial charge in [0.15, 0.2) is 13.1 Å². The number of hydrogen-bond acceptors (Lipinski definition) is 4. The fourth-order valence-corrected chi connectivity index (χ4v) is 2.97. The summed E-state index contributed by atoms with van der Waals surface area (Å²) in [4.78, 5) is 27.4. The van der Waals surface area contributed by atoms with Crippen molar-refractivity contribution in [3.63, 3.8) is 0 Å². The number of carbonyl (C=O) groups is 2. The SMILES string of the molecule is Cc1cccc(C)c1NC(=O)C[NH+](C)CC(=O)N(CCC#N)Cc1ccco1. The summed E-state index contributed by atoms with van der Waals surface area (Å²) >= 11 is 0. The van der Waals surface area contributed by atoms with Crippen molar-refractivity contribution in [3.8, 4) is 6.07 Å². The lowest BCUT2D eigenvalue weighted by molar-refractivity contribution is -0.862. The van der Waals surface area contributed by atoms with Crippen LogP contribution in [0.3, 0.4) is 0 Å². The summed E-state index contributed by atoms with van der Waals surface area (Å²) < 4.78 is 5.30. The van der Waals surface area contributed by atoms with Gasteiger partial charge >= 0.3 is 0 Å². The summed E-state index contributed by atoms with van der Waals surface area (Å²) in [5.41, 5.74) is 2.83. The second-order valence-corrected chi connectivity index (χ2v) is 6.93. The van der Waals surface area contributed by atoms with E-state index < -0.39 is 0 Å². The molecule has 0 radical (unpaired) electrons. The topological polar surface area (TPSA) is 90.8 Å². The zero-order chi connectivity index (χ0) is 20.5. The van der Waals surface area contributed by atoms with Crippen molar-refractivity contribution < 1.29 is 18.9 Å². The molecule has 1 aromatic carbocycles. The molecule has 1 unspecified atom stereocenters. The van der Waals surface area contributed by atoms with Gasteiger partial charge in [-0.05, 0) is 37.1 Å². The molecule has 28 heavy (non-hydrogen) atoms. The van der Waals surface area contributed by atoms with Crippen LogP contribution in [0, 0.1) is 25.2 Å². The van der Waals surface area contributed by atoms with E-state index in [0.29, 0.717) is 18.8 Å². The quantitative estimate of drug-likeness (QED) is 0.683. The summed E-state index contributed by atoms with van der Waals surface area (Å²) in [6.07, 6.45) is 1.80. The van der Waals surface area contributed by atoms with E-state index in [4.69, 9.17) is 9.68 Å². The van der Waals surface area contributed by atoms with Gasteiger partial charge in [-0.15, -0.1) is 0 Å². The summed E-state index contributed by atoms with van der Waals surface area (Å²) in [5.74, 6) is 0.401. The molecule has 2 rings (SSSR count). The van der Waals surface area contributed by atoms with Crippen molar-refractivity contribution in [1.29, 1.82) is 5.26 Å². The number of hydrogen-bond donors (Lipinski definition) is 2. The van der Waals surface area contributed by atoms with Crippen LogP contribution in [0.4, 0.5) is 5.69 Å². The van der Waals surface area contributed by atoms with Crippen LogP contribution in [0.15, 0.2) is 41.0 Å². The van der Waals surface area contributed by atoms with Gasteiger partial charge in [0.2, 0.25) is 0 Å². The maximum Gasteiger partial charge on any atom is 0.279 e. The summed E-state index contributed by atoms with van der Waals surface area (Å²) in [6.45, 7) is 4.88. The molecule has 1 aromatic heterocycles. The van der Waals surface area contributed by atoms with Crippen molar-refractivity contribution in [2.24, 2.45) is 0 Å². The van der Waals surface area contributed by atoms with Crippen LogP contribution < -0.4 is 10.2 Å². The molecular formula is C21H27N4O3+. The number of rotatable bonds is 9. The van der Waals surface area contributed by atoms with Gasteiger partial charge in [-0.2, -0.15) is 5.26 Å². The number of aryl methyl sites for hydroxylation is 2. The molecular weight excluding hydrogens is 356 g/mol. The second-order valence-electron chi connectivity index (χ2n) is 6.93. The average Bonchev–Trinajstić information content (AvgIpc) is 3.14. The van der Waals surface area contributed by atoms with Gasteiger partial charge < -0.3 is 19.5 Å². The van der Waals surface area contributed by atoms with Gasteiger partial charge in [-0.3, -0.25) is 9.59 Å². The minimum Gasteiger partial charge on any atom is -0.467 e. The average molecular weight is 383 g/mol. The van der Waals surface area contributed by atoms with Crippen LogP contribution in [0.5, 0.6) is 0 Å². The number of nitriles is 1. The number of para-hydroxylation sites is 1. The Balaban J connectivity index is 1.91. The predicted molar refractivity (Wildman–Crippen MR) is 106 cm³/mol. The number of nitrogens with zero attached hydrogens (tertiary/aromatic N) is 2. The monoisotopic (exact) mass is 383 g/mol. The third-order valence-electron chi connectivity index (χ3n) is 4.43. The van der Waals surface area contributed by atoms with Crippen molar-refractivity contribution >= 4 is 17.5 Å². The van der Waals surface area contributed by atoms with Crippen LogP contribution >= 0.6 is 0 Å². The molecule has 1 atom stereocenters. The molecule has 1 heterocycles. The van der Waals surface area contributed by atoms with Gasteiger partial charge in [-0.25, -0.2) is 0 Å². The number of furan rings is 1. The van der Waals surface area contributed by atoms with E-state index in [0.717, 1.165) is 21.7 Å². The molecule has 0 aliphatic heterocycles. The second kappa shape index (κ2) is 10.3. The van der Waals surface area contributed by atoms with Crippen molar-refractivity contribution in [2.45, 2.75) is 26.8 Å². The number of nitrogens with one attached hydrogen (secondary N) is 2. The fourth-order valence-electron chi connectivity index (χ4n) is 2.97. The lowest BCUT2D eigenvalue weighted by Crippen LogP contribution is -3.11. The van der Waals surface area contributed by atoms with Crippen molar-refractivity contribution in [2.75, 3.05) is 32.0 Å². The molecule has 0 aliphatic rings. The van der Waals surface area contributed by atoms with Crippen LogP contribution in [-0.2, 0) is 16.1 Å². The van der Waals surface area contributed by atoms with Gasteiger partial charge in [0.1, 0.15) is 5.76 Å². The number of quaternary nitrogens is 1. The largest absolute Gasteiger partial charge is 0.467 e. The molecule has 2 amide bonds. The van der Waals surface area contributed by atoms with E-state index in [-0.39, 0.29) is 31.3 Å². The highest BCUT2D eigenvalue weighted by atomic mass is 16.3. The number of carbonyl (C=O) groups excluding carboxylic acids is 2. The lowest BCUT2D eigenvalue weighted by Gasteiger charge is -2.22. The molecule has 148 valence electrons. The third kappa shape index (κ3) is 6.25. The zero-order valence-corrected chi connectivity index (χ0v) is 16.6. The Morgan fingerprint density at radius 2 is 1.89 bits per heavy atom.